The van der Waals surface area contributed by atoms with Crippen molar-refractivity contribution in [1.29, 1.82) is 0 Å². The predicted molar refractivity (Wildman–Crippen MR) is 150 cm³/mol. The van der Waals surface area contributed by atoms with Gasteiger partial charge in [0.1, 0.15) is 23.0 Å². The highest BCUT2D eigenvalue weighted by atomic mass is 31.1. The summed E-state index contributed by atoms with van der Waals surface area (Å²) in [6.45, 7) is 6.02. The minimum Gasteiger partial charge on any atom is -0.456 e. The summed E-state index contributed by atoms with van der Waals surface area (Å²) in [5, 5.41) is 3.64. The molecular formula is C32H26NO2P. The Balaban J connectivity index is 0.00000117. The van der Waals surface area contributed by atoms with Crippen molar-refractivity contribution in [2.75, 3.05) is 0 Å². The molecule has 4 heteroatoms. The first kappa shape index (κ1) is 22.5. The van der Waals surface area contributed by atoms with Gasteiger partial charge in [0.25, 0.3) is 0 Å². The third-order valence-corrected chi connectivity index (χ3v) is 8.96. The van der Waals surface area contributed by atoms with E-state index in [1.54, 1.807) is 0 Å². The van der Waals surface area contributed by atoms with E-state index < -0.39 is 7.92 Å². The van der Waals surface area contributed by atoms with Crippen LogP contribution in [-0.4, -0.2) is 4.98 Å². The molecule has 0 radical (unpaired) electrons. The molecule has 1 unspecified atom stereocenters. The zero-order valence-corrected chi connectivity index (χ0v) is 21.4. The lowest BCUT2D eigenvalue weighted by Gasteiger charge is -2.35. The van der Waals surface area contributed by atoms with E-state index in [0.717, 1.165) is 39.8 Å². The zero-order valence-electron chi connectivity index (χ0n) is 20.5. The van der Waals surface area contributed by atoms with Crippen molar-refractivity contribution >= 4 is 23.8 Å². The van der Waals surface area contributed by atoms with E-state index in [1.807, 2.05) is 45.2 Å². The van der Waals surface area contributed by atoms with Crippen LogP contribution >= 0.6 is 7.92 Å². The van der Waals surface area contributed by atoms with Gasteiger partial charge in [-0.2, -0.15) is 0 Å². The van der Waals surface area contributed by atoms with E-state index >= 15 is 0 Å². The fourth-order valence-electron chi connectivity index (χ4n) is 4.80. The molecule has 0 saturated carbocycles. The summed E-state index contributed by atoms with van der Waals surface area (Å²) in [7, 11) is -0.761. The Kier molecular flexibility index (Phi) is 5.79. The number of aryl methyl sites for hydroxylation is 1. The number of aromatic nitrogens is 1. The largest absolute Gasteiger partial charge is 0.456 e. The minimum absolute atomic E-state index is 0.761. The Bertz CT molecular complexity index is 1570. The molecule has 176 valence electrons. The molecule has 0 N–H and O–H groups in total. The number of para-hydroxylation sites is 2. The molecule has 7 rings (SSSR count). The summed E-state index contributed by atoms with van der Waals surface area (Å²) in [6.07, 6.45) is 1.86. The molecule has 0 fully saturated rings. The SMILES string of the molecule is CC.Cc1cc(-c2ccc(-c3ccc4c5c3Oc3ccccc3P5c3ccccc3O4)cc2)ccn1. The fourth-order valence-corrected chi connectivity index (χ4v) is 7.40. The maximum atomic E-state index is 6.58. The molecule has 36 heavy (non-hydrogen) atoms. The molecule has 0 spiro atoms. The number of ether oxygens (including phenoxy) is 2. The van der Waals surface area contributed by atoms with Gasteiger partial charge in [0, 0.05) is 36.0 Å². The van der Waals surface area contributed by atoms with Gasteiger partial charge in [-0.1, -0.05) is 74.5 Å². The van der Waals surface area contributed by atoms with Gasteiger partial charge in [0.2, 0.25) is 0 Å². The highest BCUT2D eigenvalue weighted by Gasteiger charge is 2.37. The van der Waals surface area contributed by atoms with Crippen LogP contribution in [0.15, 0.2) is 103 Å². The van der Waals surface area contributed by atoms with Crippen molar-refractivity contribution in [3.8, 4) is 45.3 Å². The van der Waals surface area contributed by atoms with Crippen LogP contribution < -0.4 is 25.4 Å². The van der Waals surface area contributed by atoms with Crippen LogP contribution in [0.1, 0.15) is 19.5 Å². The smallest absolute Gasteiger partial charge is 0.147 e. The van der Waals surface area contributed by atoms with Crippen molar-refractivity contribution in [2.24, 2.45) is 0 Å². The van der Waals surface area contributed by atoms with Gasteiger partial charge in [-0.25, -0.2) is 0 Å². The number of fused-ring (bicyclic) bond motifs is 4. The summed E-state index contributed by atoms with van der Waals surface area (Å²) in [5.74, 6) is 3.67. The summed E-state index contributed by atoms with van der Waals surface area (Å²) in [5.41, 5.74) is 5.57. The number of benzene rings is 4. The van der Waals surface area contributed by atoms with E-state index in [4.69, 9.17) is 9.47 Å². The highest BCUT2D eigenvalue weighted by molar-refractivity contribution is 7.80. The maximum Gasteiger partial charge on any atom is 0.147 e. The van der Waals surface area contributed by atoms with Crippen LogP contribution in [0.3, 0.4) is 0 Å². The predicted octanol–water partition coefficient (Wildman–Crippen LogP) is 7.72. The second kappa shape index (κ2) is 9.26. The standard InChI is InChI=1S/C30H20NO2P.C2H6/c1-19-18-22(16-17-31-19)20-10-12-21(13-11-20)23-14-15-26-30-29(23)33-25-7-3-5-9-28(25)34(30)27-8-4-2-6-24(27)32-26;1-2/h2-18H,1H3;1-2H3. The van der Waals surface area contributed by atoms with E-state index in [2.05, 4.69) is 83.8 Å². The van der Waals surface area contributed by atoms with Crippen molar-refractivity contribution in [1.82, 2.24) is 4.98 Å². The van der Waals surface area contributed by atoms with Crippen molar-refractivity contribution in [3.63, 3.8) is 0 Å². The molecule has 3 nitrogen and oxygen atoms in total. The molecule has 2 aliphatic rings. The Morgan fingerprint density at radius 1 is 0.611 bits per heavy atom. The number of rotatable bonds is 2. The number of pyridine rings is 1. The van der Waals surface area contributed by atoms with Crippen molar-refractivity contribution in [3.05, 3.63) is 109 Å². The molecule has 0 aliphatic carbocycles. The van der Waals surface area contributed by atoms with Gasteiger partial charge >= 0.3 is 0 Å². The second-order valence-corrected chi connectivity index (χ2v) is 10.6. The van der Waals surface area contributed by atoms with Crippen molar-refractivity contribution in [2.45, 2.75) is 20.8 Å². The fraction of sp³-hybridized carbons (Fsp3) is 0.0938. The lowest BCUT2D eigenvalue weighted by Crippen LogP contribution is -2.32. The first-order chi connectivity index (χ1) is 17.8. The third kappa shape index (κ3) is 3.68. The van der Waals surface area contributed by atoms with Crippen LogP contribution in [0, 0.1) is 6.92 Å². The number of hydrogen-bond donors (Lipinski definition) is 0. The van der Waals surface area contributed by atoms with Crippen LogP contribution in [0.2, 0.25) is 0 Å². The van der Waals surface area contributed by atoms with E-state index in [-0.39, 0.29) is 0 Å². The first-order valence-electron chi connectivity index (χ1n) is 12.3. The molecule has 1 atom stereocenters. The Morgan fingerprint density at radius 3 is 1.94 bits per heavy atom. The molecule has 2 aliphatic heterocycles. The summed E-state index contributed by atoms with van der Waals surface area (Å²) in [4.78, 5) is 4.32. The molecule has 5 aromatic rings. The number of hydrogen-bond acceptors (Lipinski definition) is 3. The van der Waals surface area contributed by atoms with E-state index in [9.17, 15) is 0 Å². The number of nitrogens with zero attached hydrogens (tertiary/aromatic N) is 1. The van der Waals surface area contributed by atoms with E-state index in [1.165, 1.54) is 27.0 Å². The summed E-state index contributed by atoms with van der Waals surface area (Å²) < 4.78 is 12.9. The zero-order chi connectivity index (χ0) is 24.6. The normalized spacial score (nSPS) is 14.1. The maximum absolute atomic E-state index is 6.58. The lowest BCUT2D eigenvalue weighted by molar-refractivity contribution is 0.467. The van der Waals surface area contributed by atoms with Crippen LogP contribution in [0.25, 0.3) is 22.3 Å². The monoisotopic (exact) mass is 487 g/mol. The van der Waals surface area contributed by atoms with Gasteiger partial charge < -0.3 is 9.47 Å². The molecule has 4 aromatic carbocycles. The second-order valence-electron chi connectivity index (χ2n) is 8.53. The molecule has 1 aromatic heterocycles. The van der Waals surface area contributed by atoms with Gasteiger partial charge in [-0.3, -0.25) is 4.98 Å². The third-order valence-electron chi connectivity index (χ3n) is 6.39. The molecule has 0 amide bonds. The minimum atomic E-state index is -0.761. The average molecular weight is 488 g/mol. The molecular weight excluding hydrogens is 461 g/mol. The first-order valence-corrected chi connectivity index (χ1v) is 13.6. The topological polar surface area (TPSA) is 31.4 Å². The quantitative estimate of drug-likeness (QED) is 0.234. The average Bonchev–Trinajstić information content (AvgIpc) is 2.94. The summed E-state index contributed by atoms with van der Waals surface area (Å²) in [6, 6.07) is 33.8. The molecule has 0 saturated heterocycles. The van der Waals surface area contributed by atoms with Gasteiger partial charge in [0.05, 0.1) is 5.30 Å². The van der Waals surface area contributed by atoms with E-state index in [0.29, 0.717) is 0 Å². The Labute approximate surface area is 213 Å². The Morgan fingerprint density at radius 2 is 1.25 bits per heavy atom. The highest BCUT2D eigenvalue weighted by Crippen LogP contribution is 2.54. The van der Waals surface area contributed by atoms with Gasteiger partial charge in [0.15, 0.2) is 0 Å². The van der Waals surface area contributed by atoms with Crippen LogP contribution in [0.4, 0.5) is 0 Å². The Hall–Kier alpha value is -3.94. The molecule has 3 heterocycles. The van der Waals surface area contributed by atoms with Gasteiger partial charge in [-0.05, 0) is 60.0 Å². The van der Waals surface area contributed by atoms with Crippen molar-refractivity contribution < 1.29 is 9.47 Å². The van der Waals surface area contributed by atoms with Gasteiger partial charge in [-0.15, -0.1) is 0 Å². The lowest BCUT2D eigenvalue weighted by atomic mass is 9.99. The van der Waals surface area contributed by atoms with Crippen LogP contribution in [0.5, 0.6) is 23.0 Å². The summed E-state index contributed by atoms with van der Waals surface area (Å²) >= 11 is 0. The molecule has 0 bridgehead atoms. The van der Waals surface area contributed by atoms with Crippen LogP contribution in [-0.2, 0) is 0 Å².